The number of aliphatic carboxylic acids is 1. The lowest BCUT2D eigenvalue weighted by Crippen LogP contribution is -2.29. The summed E-state index contributed by atoms with van der Waals surface area (Å²) >= 11 is 1.92. The molecular formula is C11H9INO6-. The van der Waals surface area contributed by atoms with Gasteiger partial charge < -0.3 is 19.4 Å². The summed E-state index contributed by atoms with van der Waals surface area (Å²) in [4.78, 5) is 20.0. The summed E-state index contributed by atoms with van der Waals surface area (Å²) in [6.07, 6.45) is 2.10. The quantitative estimate of drug-likeness (QED) is 0.410. The molecule has 0 unspecified atom stereocenters. The maximum Gasteiger partial charge on any atom is 0.235 e. The molecule has 0 saturated heterocycles. The number of benzene rings is 1. The van der Waals surface area contributed by atoms with Crippen LogP contribution in [0, 0.1) is 13.7 Å². The van der Waals surface area contributed by atoms with E-state index in [1.54, 1.807) is 6.07 Å². The fourth-order valence-corrected chi connectivity index (χ4v) is 2.04. The Morgan fingerprint density at radius 3 is 2.74 bits per heavy atom. The summed E-state index contributed by atoms with van der Waals surface area (Å²) in [5, 5.41) is 20.6. The fourth-order valence-electron chi connectivity index (χ4n) is 1.25. The number of hydrogen-bond donors (Lipinski definition) is 0. The number of carboxylic acids is 1. The van der Waals surface area contributed by atoms with Crippen LogP contribution in [0.5, 0.6) is 11.5 Å². The summed E-state index contributed by atoms with van der Waals surface area (Å²) in [5.74, 6) is -0.808. The standard InChI is InChI=1S/C11H10INO6/c1-18-9-5-7(2-3-13(16)17)4-8(12)11(9)19-6-10(14)15/h2-5H,6H2,1H3,(H,14,15)/p-1/b3-2+. The van der Waals surface area contributed by atoms with E-state index in [4.69, 9.17) is 9.47 Å². The lowest BCUT2D eigenvalue weighted by molar-refractivity contribution is -0.400. The van der Waals surface area contributed by atoms with Crippen LogP contribution in [0.1, 0.15) is 5.56 Å². The number of carboxylic acid groups (broad SMARTS) is 1. The number of hydrogen-bond acceptors (Lipinski definition) is 6. The first-order valence-corrected chi connectivity index (χ1v) is 6.03. The van der Waals surface area contributed by atoms with Crippen molar-refractivity contribution in [2.45, 2.75) is 0 Å². The van der Waals surface area contributed by atoms with E-state index in [0.29, 0.717) is 9.13 Å². The molecule has 1 rings (SSSR count). The second-order valence-electron chi connectivity index (χ2n) is 3.30. The topological polar surface area (TPSA) is 102 Å². The summed E-state index contributed by atoms with van der Waals surface area (Å²) in [5.41, 5.74) is 0.541. The molecule has 0 saturated carbocycles. The van der Waals surface area contributed by atoms with Gasteiger partial charge in [-0.25, -0.2) is 0 Å². The highest BCUT2D eigenvalue weighted by Crippen LogP contribution is 2.34. The summed E-state index contributed by atoms with van der Waals surface area (Å²) in [6.45, 7) is -0.601. The molecule has 0 aliphatic heterocycles. The van der Waals surface area contributed by atoms with Gasteiger partial charge in [-0.05, 0) is 40.3 Å². The number of rotatable bonds is 6. The van der Waals surface area contributed by atoms with Gasteiger partial charge in [0.15, 0.2) is 11.5 Å². The SMILES string of the molecule is COc1cc(/C=C/[N+](=O)[O-])cc(I)c1OCC(=O)[O-]. The fraction of sp³-hybridized carbons (Fsp3) is 0.182. The summed E-state index contributed by atoms with van der Waals surface area (Å²) in [7, 11) is 1.39. The molecule has 1 aromatic carbocycles. The van der Waals surface area contributed by atoms with Gasteiger partial charge in [0.2, 0.25) is 6.20 Å². The Morgan fingerprint density at radius 1 is 1.53 bits per heavy atom. The van der Waals surface area contributed by atoms with Gasteiger partial charge >= 0.3 is 0 Å². The minimum absolute atomic E-state index is 0.255. The average molecular weight is 378 g/mol. The average Bonchev–Trinajstić information content (AvgIpc) is 2.34. The van der Waals surface area contributed by atoms with Gasteiger partial charge in [0.25, 0.3) is 0 Å². The van der Waals surface area contributed by atoms with E-state index in [0.717, 1.165) is 6.20 Å². The Kier molecular flexibility index (Phi) is 5.55. The Bertz CT molecular complexity index is 528. The van der Waals surface area contributed by atoms with Crippen molar-refractivity contribution in [2.24, 2.45) is 0 Å². The lowest BCUT2D eigenvalue weighted by Gasteiger charge is -2.13. The van der Waals surface area contributed by atoms with Crippen LogP contribution in [0.3, 0.4) is 0 Å². The van der Waals surface area contributed by atoms with Crippen molar-refractivity contribution in [1.82, 2.24) is 0 Å². The van der Waals surface area contributed by atoms with Crippen LogP contribution in [-0.2, 0) is 4.79 Å². The second kappa shape index (κ2) is 6.92. The molecule has 0 aliphatic carbocycles. The zero-order valence-corrected chi connectivity index (χ0v) is 11.9. The van der Waals surface area contributed by atoms with Crippen molar-refractivity contribution in [2.75, 3.05) is 13.7 Å². The van der Waals surface area contributed by atoms with E-state index in [1.165, 1.54) is 19.3 Å². The highest BCUT2D eigenvalue weighted by Gasteiger charge is 2.11. The molecule has 7 nitrogen and oxygen atoms in total. The van der Waals surface area contributed by atoms with Crippen LogP contribution < -0.4 is 14.6 Å². The van der Waals surface area contributed by atoms with Gasteiger partial charge in [-0.1, -0.05) is 0 Å². The zero-order valence-electron chi connectivity index (χ0n) is 9.79. The van der Waals surface area contributed by atoms with E-state index in [2.05, 4.69) is 0 Å². The molecule has 0 fully saturated rings. The third kappa shape index (κ3) is 4.73. The first-order valence-electron chi connectivity index (χ1n) is 4.96. The first kappa shape index (κ1) is 15.2. The molecule has 0 atom stereocenters. The van der Waals surface area contributed by atoms with Gasteiger partial charge in [-0.3, -0.25) is 10.1 Å². The predicted octanol–water partition coefficient (Wildman–Crippen LogP) is 0.676. The minimum atomic E-state index is -1.35. The molecule has 0 aliphatic rings. The van der Waals surface area contributed by atoms with Crippen molar-refractivity contribution in [3.8, 4) is 11.5 Å². The monoisotopic (exact) mass is 378 g/mol. The van der Waals surface area contributed by atoms with Crippen LogP contribution in [-0.4, -0.2) is 24.6 Å². The van der Waals surface area contributed by atoms with E-state index in [9.17, 15) is 20.0 Å². The van der Waals surface area contributed by atoms with Crippen molar-refractivity contribution in [1.29, 1.82) is 0 Å². The highest BCUT2D eigenvalue weighted by molar-refractivity contribution is 14.1. The van der Waals surface area contributed by atoms with Crippen LogP contribution in [0.15, 0.2) is 18.3 Å². The first-order chi connectivity index (χ1) is 8.93. The van der Waals surface area contributed by atoms with Crippen LogP contribution in [0.4, 0.5) is 0 Å². The van der Waals surface area contributed by atoms with Gasteiger partial charge in [0, 0.05) is 6.08 Å². The molecule has 0 spiro atoms. The maximum absolute atomic E-state index is 10.4. The molecular weight excluding hydrogens is 369 g/mol. The smallest absolute Gasteiger partial charge is 0.235 e. The van der Waals surface area contributed by atoms with Crippen molar-refractivity contribution >= 4 is 34.6 Å². The largest absolute Gasteiger partial charge is 0.546 e. The molecule has 0 aromatic heterocycles. The molecule has 102 valence electrons. The Morgan fingerprint density at radius 2 is 2.21 bits per heavy atom. The molecule has 19 heavy (non-hydrogen) atoms. The van der Waals surface area contributed by atoms with Crippen molar-refractivity contribution in [3.63, 3.8) is 0 Å². The Hall–Kier alpha value is -1.84. The summed E-state index contributed by atoms with van der Waals surface area (Å²) in [6, 6.07) is 3.11. The van der Waals surface area contributed by atoms with Crippen molar-refractivity contribution < 1.29 is 24.3 Å². The Balaban J connectivity index is 3.07. The van der Waals surface area contributed by atoms with Gasteiger partial charge in [-0.15, -0.1) is 0 Å². The highest BCUT2D eigenvalue weighted by atomic mass is 127. The molecule has 0 radical (unpaired) electrons. The summed E-state index contributed by atoms with van der Waals surface area (Å²) < 4.78 is 10.7. The molecule has 8 heteroatoms. The number of carbonyl (C=O) groups excluding carboxylic acids is 1. The third-order valence-electron chi connectivity index (χ3n) is 1.97. The number of ether oxygens (including phenoxy) is 2. The number of halogens is 1. The molecule has 0 bridgehead atoms. The van der Waals surface area contributed by atoms with Crippen LogP contribution in [0.25, 0.3) is 6.08 Å². The molecule has 0 amide bonds. The molecule has 0 heterocycles. The molecule has 1 aromatic rings. The predicted molar refractivity (Wildman–Crippen MR) is 72.2 cm³/mol. The Labute approximate surface area is 122 Å². The van der Waals surface area contributed by atoms with E-state index in [-0.39, 0.29) is 11.5 Å². The number of methoxy groups -OCH3 is 1. The molecule has 0 N–H and O–H groups in total. The van der Waals surface area contributed by atoms with Crippen LogP contribution >= 0.6 is 22.6 Å². The van der Waals surface area contributed by atoms with Gasteiger partial charge in [0.1, 0.15) is 6.61 Å². The van der Waals surface area contributed by atoms with E-state index < -0.39 is 17.5 Å². The zero-order chi connectivity index (χ0) is 14.4. The minimum Gasteiger partial charge on any atom is -0.546 e. The van der Waals surface area contributed by atoms with E-state index >= 15 is 0 Å². The number of nitro groups is 1. The normalized spacial score (nSPS) is 10.4. The maximum atomic E-state index is 10.4. The van der Waals surface area contributed by atoms with E-state index in [1.807, 2.05) is 22.6 Å². The lowest BCUT2D eigenvalue weighted by atomic mass is 10.2. The van der Waals surface area contributed by atoms with Crippen LogP contribution in [0.2, 0.25) is 0 Å². The second-order valence-corrected chi connectivity index (χ2v) is 4.46. The van der Waals surface area contributed by atoms with Crippen molar-refractivity contribution in [3.05, 3.63) is 37.6 Å². The third-order valence-corrected chi connectivity index (χ3v) is 2.78. The number of carbonyl (C=O) groups is 1. The van der Waals surface area contributed by atoms with Gasteiger partial charge in [0.05, 0.1) is 21.6 Å². The number of nitrogens with zero attached hydrogens (tertiary/aromatic N) is 1. The van der Waals surface area contributed by atoms with Gasteiger partial charge in [-0.2, -0.15) is 0 Å².